The molecular weight excluding hydrogens is 196 g/mol. The molecule has 0 saturated heterocycles. The standard InChI is InChI=1S/C10H16N2OS/c1-4-14-9-6-5-8(11)10(12-9)13-7(2)3/h5-7H,4,11H2,1-3H3. The van der Waals surface area contributed by atoms with E-state index in [2.05, 4.69) is 11.9 Å². The fourth-order valence-corrected chi connectivity index (χ4v) is 1.59. The van der Waals surface area contributed by atoms with Gasteiger partial charge in [0.2, 0.25) is 5.88 Å². The largest absolute Gasteiger partial charge is 0.473 e. The Morgan fingerprint density at radius 3 is 2.79 bits per heavy atom. The minimum absolute atomic E-state index is 0.103. The molecule has 0 amide bonds. The van der Waals surface area contributed by atoms with Crippen molar-refractivity contribution in [3.8, 4) is 5.88 Å². The van der Waals surface area contributed by atoms with Crippen LogP contribution >= 0.6 is 11.8 Å². The number of nitrogens with zero attached hydrogens (tertiary/aromatic N) is 1. The van der Waals surface area contributed by atoms with Crippen molar-refractivity contribution in [3.05, 3.63) is 12.1 Å². The van der Waals surface area contributed by atoms with Gasteiger partial charge in [-0.1, -0.05) is 6.92 Å². The Labute approximate surface area is 89.1 Å². The van der Waals surface area contributed by atoms with Gasteiger partial charge in [-0.3, -0.25) is 0 Å². The highest BCUT2D eigenvalue weighted by molar-refractivity contribution is 7.99. The molecule has 2 N–H and O–H groups in total. The molecule has 1 aromatic heterocycles. The van der Waals surface area contributed by atoms with Crippen molar-refractivity contribution >= 4 is 17.4 Å². The predicted octanol–water partition coefficient (Wildman–Crippen LogP) is 2.56. The first-order valence-electron chi connectivity index (χ1n) is 4.69. The van der Waals surface area contributed by atoms with Crippen molar-refractivity contribution in [1.29, 1.82) is 0 Å². The van der Waals surface area contributed by atoms with E-state index in [-0.39, 0.29) is 6.10 Å². The van der Waals surface area contributed by atoms with E-state index < -0.39 is 0 Å². The number of thioether (sulfide) groups is 1. The number of aromatic nitrogens is 1. The average molecular weight is 212 g/mol. The minimum Gasteiger partial charge on any atom is -0.473 e. The van der Waals surface area contributed by atoms with E-state index in [4.69, 9.17) is 10.5 Å². The number of ether oxygens (including phenoxy) is 1. The molecule has 0 saturated carbocycles. The number of nitrogens with two attached hydrogens (primary N) is 1. The van der Waals surface area contributed by atoms with Gasteiger partial charge in [-0.2, -0.15) is 0 Å². The first kappa shape index (κ1) is 11.2. The smallest absolute Gasteiger partial charge is 0.238 e. The lowest BCUT2D eigenvalue weighted by Gasteiger charge is -2.11. The summed E-state index contributed by atoms with van der Waals surface area (Å²) < 4.78 is 5.48. The maximum absolute atomic E-state index is 5.74. The van der Waals surface area contributed by atoms with E-state index in [9.17, 15) is 0 Å². The molecule has 0 atom stereocenters. The zero-order valence-corrected chi connectivity index (χ0v) is 9.60. The molecule has 4 heteroatoms. The molecule has 14 heavy (non-hydrogen) atoms. The molecule has 1 rings (SSSR count). The summed E-state index contributed by atoms with van der Waals surface area (Å²) in [6.45, 7) is 6.01. The zero-order chi connectivity index (χ0) is 10.6. The Hall–Kier alpha value is -0.900. The molecule has 0 aliphatic heterocycles. The zero-order valence-electron chi connectivity index (χ0n) is 8.78. The Kier molecular flexibility index (Phi) is 4.07. The van der Waals surface area contributed by atoms with Crippen LogP contribution in [0.15, 0.2) is 17.2 Å². The third kappa shape index (κ3) is 3.10. The number of hydrogen-bond donors (Lipinski definition) is 1. The van der Waals surface area contributed by atoms with Crippen LogP contribution in [0, 0.1) is 0 Å². The third-order valence-electron chi connectivity index (χ3n) is 1.50. The van der Waals surface area contributed by atoms with Crippen LogP contribution < -0.4 is 10.5 Å². The summed E-state index contributed by atoms with van der Waals surface area (Å²) in [5, 5.41) is 0.956. The molecule has 3 nitrogen and oxygen atoms in total. The van der Waals surface area contributed by atoms with Crippen LogP contribution in [-0.4, -0.2) is 16.8 Å². The molecule has 0 aliphatic rings. The maximum Gasteiger partial charge on any atom is 0.238 e. The van der Waals surface area contributed by atoms with E-state index in [1.165, 1.54) is 0 Å². The summed E-state index contributed by atoms with van der Waals surface area (Å²) in [6, 6.07) is 3.75. The van der Waals surface area contributed by atoms with E-state index >= 15 is 0 Å². The Bertz CT molecular complexity index is 302. The molecule has 0 fully saturated rings. The Morgan fingerprint density at radius 2 is 2.21 bits per heavy atom. The van der Waals surface area contributed by atoms with Gasteiger partial charge in [-0.15, -0.1) is 11.8 Å². The van der Waals surface area contributed by atoms with Crippen LogP contribution in [0.2, 0.25) is 0 Å². The molecule has 1 heterocycles. The van der Waals surface area contributed by atoms with Crippen molar-refractivity contribution < 1.29 is 4.74 Å². The Morgan fingerprint density at radius 1 is 1.50 bits per heavy atom. The van der Waals surface area contributed by atoms with E-state index in [0.717, 1.165) is 10.8 Å². The van der Waals surface area contributed by atoms with Crippen molar-refractivity contribution in [2.75, 3.05) is 11.5 Å². The lowest BCUT2D eigenvalue weighted by molar-refractivity contribution is 0.232. The molecule has 0 aromatic carbocycles. The van der Waals surface area contributed by atoms with E-state index in [1.54, 1.807) is 11.8 Å². The van der Waals surface area contributed by atoms with Gasteiger partial charge < -0.3 is 10.5 Å². The van der Waals surface area contributed by atoms with Gasteiger partial charge in [-0.25, -0.2) is 4.98 Å². The van der Waals surface area contributed by atoms with Crippen LogP contribution in [0.1, 0.15) is 20.8 Å². The maximum atomic E-state index is 5.74. The molecule has 0 aliphatic carbocycles. The second kappa shape index (κ2) is 5.10. The summed E-state index contributed by atoms with van der Waals surface area (Å²) in [7, 11) is 0. The van der Waals surface area contributed by atoms with Crippen molar-refractivity contribution in [1.82, 2.24) is 4.98 Å². The summed E-state index contributed by atoms with van der Waals surface area (Å²) >= 11 is 1.68. The van der Waals surface area contributed by atoms with Crippen LogP contribution in [0.5, 0.6) is 5.88 Å². The van der Waals surface area contributed by atoms with Gasteiger partial charge in [0.05, 0.1) is 11.8 Å². The van der Waals surface area contributed by atoms with Crippen molar-refractivity contribution in [3.63, 3.8) is 0 Å². The van der Waals surface area contributed by atoms with Crippen LogP contribution in [0.25, 0.3) is 0 Å². The topological polar surface area (TPSA) is 48.1 Å². The van der Waals surface area contributed by atoms with Crippen LogP contribution in [0.4, 0.5) is 5.69 Å². The number of hydrogen-bond acceptors (Lipinski definition) is 4. The molecule has 0 bridgehead atoms. The SMILES string of the molecule is CCSc1ccc(N)c(OC(C)C)n1. The number of pyridine rings is 1. The summed E-state index contributed by atoms with van der Waals surface area (Å²) in [5.74, 6) is 1.54. The summed E-state index contributed by atoms with van der Waals surface area (Å²) in [5.41, 5.74) is 6.33. The molecule has 1 aromatic rings. The van der Waals surface area contributed by atoms with Gasteiger partial charge in [0.15, 0.2) is 0 Å². The molecule has 0 unspecified atom stereocenters. The second-order valence-corrected chi connectivity index (χ2v) is 4.43. The first-order chi connectivity index (χ1) is 6.63. The highest BCUT2D eigenvalue weighted by Crippen LogP contribution is 2.24. The molecule has 0 spiro atoms. The number of nitrogen functional groups attached to an aromatic ring is 1. The average Bonchev–Trinajstić information content (AvgIpc) is 2.10. The quantitative estimate of drug-likeness (QED) is 0.779. The molecule has 0 radical (unpaired) electrons. The number of anilines is 1. The predicted molar refractivity (Wildman–Crippen MR) is 60.8 cm³/mol. The monoisotopic (exact) mass is 212 g/mol. The normalized spacial score (nSPS) is 10.6. The van der Waals surface area contributed by atoms with Gasteiger partial charge in [0.1, 0.15) is 5.03 Å². The molecular formula is C10H16N2OS. The van der Waals surface area contributed by atoms with E-state index in [1.807, 2.05) is 26.0 Å². The molecule has 78 valence electrons. The fraction of sp³-hybridized carbons (Fsp3) is 0.500. The van der Waals surface area contributed by atoms with Crippen LogP contribution in [0.3, 0.4) is 0 Å². The van der Waals surface area contributed by atoms with Gasteiger partial charge >= 0.3 is 0 Å². The first-order valence-corrected chi connectivity index (χ1v) is 5.68. The van der Waals surface area contributed by atoms with Gasteiger partial charge in [0.25, 0.3) is 0 Å². The summed E-state index contributed by atoms with van der Waals surface area (Å²) in [4.78, 5) is 4.32. The lowest BCUT2D eigenvalue weighted by atomic mass is 10.4. The highest BCUT2D eigenvalue weighted by atomic mass is 32.2. The van der Waals surface area contributed by atoms with Crippen LogP contribution in [-0.2, 0) is 0 Å². The number of rotatable bonds is 4. The highest BCUT2D eigenvalue weighted by Gasteiger charge is 2.05. The van der Waals surface area contributed by atoms with E-state index in [0.29, 0.717) is 11.6 Å². The van der Waals surface area contributed by atoms with Gasteiger partial charge in [0, 0.05) is 0 Å². The van der Waals surface area contributed by atoms with Crippen molar-refractivity contribution in [2.24, 2.45) is 0 Å². The lowest BCUT2D eigenvalue weighted by Crippen LogP contribution is -2.09. The second-order valence-electron chi connectivity index (χ2n) is 3.14. The fourth-order valence-electron chi connectivity index (χ4n) is 0.980. The third-order valence-corrected chi connectivity index (χ3v) is 2.32. The Balaban J connectivity index is 2.84. The van der Waals surface area contributed by atoms with Gasteiger partial charge in [-0.05, 0) is 31.7 Å². The van der Waals surface area contributed by atoms with Crippen molar-refractivity contribution in [2.45, 2.75) is 31.9 Å². The summed E-state index contributed by atoms with van der Waals surface area (Å²) in [6.07, 6.45) is 0.103. The minimum atomic E-state index is 0.103.